The lowest BCUT2D eigenvalue weighted by molar-refractivity contribution is -0.125. The predicted octanol–water partition coefficient (Wildman–Crippen LogP) is 0.407. The Hall–Kier alpha value is -2.50. The molecule has 1 saturated heterocycles. The molecule has 0 bridgehead atoms. The minimum atomic E-state index is -0.634. The van der Waals surface area contributed by atoms with E-state index >= 15 is 0 Å². The van der Waals surface area contributed by atoms with Gasteiger partial charge in [0.05, 0.1) is 31.9 Å². The molecule has 1 aromatic heterocycles. The zero-order valence-electron chi connectivity index (χ0n) is 16.7. The van der Waals surface area contributed by atoms with E-state index in [4.69, 9.17) is 14.2 Å². The Morgan fingerprint density at radius 3 is 2.62 bits per heavy atom. The second-order valence-corrected chi connectivity index (χ2v) is 7.24. The maximum absolute atomic E-state index is 12.5. The molecule has 1 fully saturated rings. The summed E-state index contributed by atoms with van der Waals surface area (Å²) in [4.78, 5) is 50.5. The van der Waals surface area contributed by atoms with Crippen molar-refractivity contribution in [1.82, 2.24) is 10.2 Å². The van der Waals surface area contributed by atoms with Gasteiger partial charge in [0, 0.05) is 20.2 Å². The average molecular weight is 427 g/mol. The Labute approximate surface area is 172 Å². The minimum absolute atomic E-state index is 0.0136. The predicted molar refractivity (Wildman–Crippen MR) is 105 cm³/mol. The molecule has 1 aliphatic rings. The third-order valence-corrected chi connectivity index (χ3v) is 5.26. The first kappa shape index (κ1) is 22.8. The van der Waals surface area contributed by atoms with Gasteiger partial charge in [-0.2, -0.15) is 0 Å². The van der Waals surface area contributed by atoms with Crippen LogP contribution < -0.4 is 10.6 Å². The molecule has 0 saturated carbocycles. The molecule has 0 atom stereocenters. The standard InChI is InChI=1S/C18H25N3O7S/c1-4-27-17(24)14-11(2)15(18(25)28-8-7-26-3)29-16(14)20-13(23)10-21-6-5-19-12(22)9-21/h4-10H2,1-3H3,(H,19,22)(H,20,23). The van der Waals surface area contributed by atoms with E-state index < -0.39 is 17.8 Å². The normalized spacial score (nSPS) is 14.2. The minimum Gasteiger partial charge on any atom is -0.462 e. The van der Waals surface area contributed by atoms with E-state index in [2.05, 4.69) is 10.6 Å². The molecular formula is C18H25N3O7S. The summed E-state index contributed by atoms with van der Waals surface area (Å²) < 4.78 is 15.0. The number of carbonyl (C=O) groups is 4. The summed E-state index contributed by atoms with van der Waals surface area (Å²) >= 11 is 0.951. The molecule has 10 nitrogen and oxygen atoms in total. The summed E-state index contributed by atoms with van der Waals surface area (Å²) in [6, 6.07) is 0. The third kappa shape index (κ3) is 6.24. The molecule has 2 heterocycles. The van der Waals surface area contributed by atoms with Crippen LogP contribution in [0.4, 0.5) is 5.00 Å². The van der Waals surface area contributed by atoms with Crippen LogP contribution in [0.2, 0.25) is 0 Å². The molecule has 0 unspecified atom stereocenters. The van der Waals surface area contributed by atoms with Gasteiger partial charge in [0.25, 0.3) is 0 Å². The quantitative estimate of drug-likeness (QED) is 0.429. The first-order chi connectivity index (χ1) is 13.9. The van der Waals surface area contributed by atoms with Gasteiger partial charge in [-0.25, -0.2) is 9.59 Å². The lowest BCUT2D eigenvalue weighted by Crippen LogP contribution is -2.49. The number of thiophene rings is 1. The number of hydrogen-bond acceptors (Lipinski definition) is 9. The van der Waals surface area contributed by atoms with Crippen molar-refractivity contribution in [3.05, 3.63) is 16.0 Å². The Morgan fingerprint density at radius 1 is 1.21 bits per heavy atom. The summed E-state index contributed by atoms with van der Waals surface area (Å²) in [6.45, 7) is 4.85. The topological polar surface area (TPSA) is 123 Å². The van der Waals surface area contributed by atoms with Crippen molar-refractivity contribution in [2.45, 2.75) is 13.8 Å². The van der Waals surface area contributed by atoms with E-state index in [9.17, 15) is 19.2 Å². The highest BCUT2D eigenvalue weighted by Gasteiger charge is 2.28. The maximum atomic E-state index is 12.5. The third-order valence-electron chi connectivity index (χ3n) is 4.07. The van der Waals surface area contributed by atoms with Gasteiger partial charge in [0.15, 0.2) is 0 Å². The van der Waals surface area contributed by atoms with Gasteiger partial charge in [-0.3, -0.25) is 14.5 Å². The highest BCUT2D eigenvalue weighted by atomic mass is 32.1. The van der Waals surface area contributed by atoms with Gasteiger partial charge < -0.3 is 24.8 Å². The van der Waals surface area contributed by atoms with E-state index in [1.807, 2.05) is 0 Å². The summed E-state index contributed by atoms with van der Waals surface area (Å²) in [5.74, 6) is -1.79. The average Bonchev–Trinajstić information content (AvgIpc) is 2.98. The molecule has 160 valence electrons. The van der Waals surface area contributed by atoms with E-state index in [1.165, 1.54) is 7.11 Å². The summed E-state index contributed by atoms with van der Waals surface area (Å²) in [5, 5.41) is 5.57. The number of nitrogens with zero attached hydrogens (tertiary/aromatic N) is 1. The van der Waals surface area contributed by atoms with Crippen LogP contribution in [0.3, 0.4) is 0 Å². The van der Waals surface area contributed by atoms with Crippen LogP contribution in [0.15, 0.2) is 0 Å². The van der Waals surface area contributed by atoms with E-state index in [0.717, 1.165) is 11.3 Å². The van der Waals surface area contributed by atoms with Gasteiger partial charge in [-0.05, 0) is 19.4 Å². The molecule has 0 spiro atoms. The fraction of sp³-hybridized carbons (Fsp3) is 0.556. The second kappa shape index (κ2) is 10.9. The van der Waals surface area contributed by atoms with E-state index in [0.29, 0.717) is 18.7 Å². The van der Waals surface area contributed by atoms with Gasteiger partial charge in [-0.15, -0.1) is 11.3 Å². The number of anilines is 1. The first-order valence-corrected chi connectivity index (χ1v) is 9.94. The smallest absolute Gasteiger partial charge is 0.348 e. The second-order valence-electron chi connectivity index (χ2n) is 6.22. The van der Waals surface area contributed by atoms with Crippen molar-refractivity contribution in [1.29, 1.82) is 0 Å². The molecule has 0 radical (unpaired) electrons. The monoisotopic (exact) mass is 427 g/mol. The number of nitrogens with one attached hydrogen (secondary N) is 2. The molecule has 0 aliphatic carbocycles. The van der Waals surface area contributed by atoms with Crippen molar-refractivity contribution < 1.29 is 33.4 Å². The largest absolute Gasteiger partial charge is 0.462 e. The fourth-order valence-corrected chi connectivity index (χ4v) is 3.83. The highest BCUT2D eigenvalue weighted by molar-refractivity contribution is 7.18. The Kier molecular flexibility index (Phi) is 8.55. The van der Waals surface area contributed by atoms with Crippen LogP contribution in [-0.4, -0.2) is 81.8 Å². The number of ether oxygens (including phenoxy) is 3. The summed E-state index contributed by atoms with van der Waals surface area (Å²) in [7, 11) is 1.49. The van der Waals surface area contributed by atoms with E-state index in [-0.39, 0.29) is 54.3 Å². The van der Waals surface area contributed by atoms with Gasteiger partial charge in [0.1, 0.15) is 16.5 Å². The number of esters is 2. The van der Waals surface area contributed by atoms with Gasteiger partial charge >= 0.3 is 11.9 Å². The van der Waals surface area contributed by atoms with Crippen LogP contribution in [0.5, 0.6) is 0 Å². The lowest BCUT2D eigenvalue weighted by Gasteiger charge is -2.25. The number of methoxy groups -OCH3 is 1. The zero-order chi connectivity index (χ0) is 21.4. The SMILES string of the molecule is CCOC(=O)c1c(NC(=O)CN2CCNC(=O)C2)sc(C(=O)OCCOC)c1C. The van der Waals surface area contributed by atoms with Crippen molar-refractivity contribution in [3.63, 3.8) is 0 Å². The Balaban J connectivity index is 2.18. The number of rotatable bonds is 9. The highest BCUT2D eigenvalue weighted by Crippen LogP contribution is 2.34. The van der Waals surface area contributed by atoms with Crippen LogP contribution in [0.1, 0.15) is 32.5 Å². The molecular weight excluding hydrogens is 402 g/mol. The summed E-state index contributed by atoms with van der Waals surface area (Å²) in [5.41, 5.74) is 0.504. The first-order valence-electron chi connectivity index (χ1n) is 9.12. The fourth-order valence-electron chi connectivity index (χ4n) is 2.72. The van der Waals surface area contributed by atoms with Crippen LogP contribution in [0, 0.1) is 6.92 Å². The molecule has 2 amide bonds. The molecule has 0 aromatic carbocycles. The number of hydrogen-bond donors (Lipinski definition) is 2. The van der Waals surface area contributed by atoms with Crippen molar-refractivity contribution in [2.75, 3.05) is 58.4 Å². The summed E-state index contributed by atoms with van der Waals surface area (Å²) in [6.07, 6.45) is 0. The van der Waals surface area contributed by atoms with Crippen molar-refractivity contribution in [2.24, 2.45) is 0 Å². The van der Waals surface area contributed by atoms with Gasteiger partial charge in [0.2, 0.25) is 11.8 Å². The lowest BCUT2D eigenvalue weighted by atomic mass is 10.1. The van der Waals surface area contributed by atoms with Crippen LogP contribution in [0.25, 0.3) is 0 Å². The zero-order valence-corrected chi connectivity index (χ0v) is 17.5. The number of piperazine rings is 1. The molecule has 11 heteroatoms. The maximum Gasteiger partial charge on any atom is 0.348 e. The molecule has 1 aromatic rings. The molecule has 2 N–H and O–H groups in total. The van der Waals surface area contributed by atoms with Crippen molar-refractivity contribution >= 4 is 40.1 Å². The Morgan fingerprint density at radius 2 is 1.97 bits per heavy atom. The molecule has 1 aliphatic heterocycles. The van der Waals surface area contributed by atoms with Gasteiger partial charge in [-0.1, -0.05) is 0 Å². The van der Waals surface area contributed by atoms with E-state index in [1.54, 1.807) is 18.7 Å². The molecule has 2 rings (SSSR count). The number of amides is 2. The van der Waals surface area contributed by atoms with Crippen molar-refractivity contribution in [3.8, 4) is 0 Å². The molecule has 29 heavy (non-hydrogen) atoms. The van der Waals surface area contributed by atoms with Crippen LogP contribution >= 0.6 is 11.3 Å². The van der Waals surface area contributed by atoms with Crippen LogP contribution in [-0.2, 0) is 23.8 Å². The number of carbonyl (C=O) groups excluding carboxylic acids is 4. The Bertz CT molecular complexity index is 778.